The average Bonchev–Trinajstić information content (AvgIpc) is 1.78. The summed E-state index contributed by atoms with van der Waals surface area (Å²) in [6.45, 7) is -2.99. The lowest BCUT2D eigenvalue weighted by Crippen LogP contribution is -2.41. The van der Waals surface area contributed by atoms with Gasteiger partial charge in [0.1, 0.15) is 13.1 Å². The molecule has 0 unspecified atom stereocenters. The lowest BCUT2D eigenvalue weighted by molar-refractivity contribution is -0.145. The Bertz CT molecular complexity index is 309. The SMILES string of the molecule is CS(=O)(=O)N(CC(=O)O)CC(F)(F)F. The van der Waals surface area contributed by atoms with Gasteiger partial charge in [-0.1, -0.05) is 0 Å². The standard InChI is InChI=1S/C5H8F3NO4S/c1-14(12,13)9(2-4(10)11)3-5(6,7)8/h2-3H2,1H3,(H,10,11). The smallest absolute Gasteiger partial charge is 0.402 e. The molecule has 0 saturated carbocycles. The van der Waals surface area contributed by atoms with Crippen LogP contribution in [0.25, 0.3) is 0 Å². The van der Waals surface area contributed by atoms with Crippen LogP contribution in [-0.4, -0.2) is 49.3 Å². The highest BCUT2D eigenvalue weighted by molar-refractivity contribution is 7.88. The third-order valence-electron chi connectivity index (χ3n) is 1.14. The van der Waals surface area contributed by atoms with E-state index in [0.717, 1.165) is 0 Å². The highest BCUT2D eigenvalue weighted by atomic mass is 32.2. The van der Waals surface area contributed by atoms with E-state index in [9.17, 15) is 26.4 Å². The second-order valence-electron chi connectivity index (χ2n) is 2.54. The molecule has 0 amide bonds. The zero-order valence-corrected chi connectivity index (χ0v) is 7.89. The molecule has 0 atom stereocenters. The number of alkyl halides is 3. The molecular formula is C5H8F3NO4S. The van der Waals surface area contributed by atoms with Gasteiger partial charge in [0.05, 0.1) is 6.26 Å². The van der Waals surface area contributed by atoms with Gasteiger partial charge in [-0.2, -0.15) is 17.5 Å². The maximum absolute atomic E-state index is 11.8. The minimum atomic E-state index is -4.75. The Morgan fingerprint density at radius 2 is 1.86 bits per heavy atom. The van der Waals surface area contributed by atoms with Crippen molar-refractivity contribution < 1.29 is 31.5 Å². The van der Waals surface area contributed by atoms with Crippen LogP contribution in [0.4, 0.5) is 13.2 Å². The van der Waals surface area contributed by atoms with E-state index in [1.807, 2.05) is 0 Å². The Kier molecular flexibility index (Phi) is 3.89. The maximum atomic E-state index is 11.8. The van der Waals surface area contributed by atoms with Crippen molar-refractivity contribution in [1.82, 2.24) is 4.31 Å². The molecule has 0 fully saturated rings. The minimum Gasteiger partial charge on any atom is -0.480 e. The van der Waals surface area contributed by atoms with Gasteiger partial charge in [-0.05, 0) is 0 Å². The zero-order chi connectivity index (χ0) is 11.6. The first-order valence-corrected chi connectivity index (χ1v) is 5.11. The molecule has 0 saturated heterocycles. The van der Waals surface area contributed by atoms with E-state index in [-0.39, 0.29) is 4.31 Å². The predicted octanol–water partition coefficient (Wildman–Crippen LogP) is -0.105. The fraction of sp³-hybridized carbons (Fsp3) is 0.800. The fourth-order valence-electron chi connectivity index (χ4n) is 0.641. The molecule has 1 N–H and O–H groups in total. The summed E-state index contributed by atoms with van der Waals surface area (Å²) in [4.78, 5) is 10.1. The second-order valence-corrected chi connectivity index (χ2v) is 4.52. The van der Waals surface area contributed by atoms with Crippen LogP contribution >= 0.6 is 0 Å². The molecule has 0 spiro atoms. The molecular weight excluding hydrogens is 227 g/mol. The first-order chi connectivity index (χ1) is 6.02. The molecule has 0 aromatic heterocycles. The highest BCUT2D eigenvalue weighted by Gasteiger charge is 2.35. The summed E-state index contributed by atoms with van der Waals surface area (Å²) in [5.74, 6) is -1.64. The van der Waals surface area contributed by atoms with Crippen molar-refractivity contribution in [2.45, 2.75) is 6.18 Å². The summed E-state index contributed by atoms with van der Waals surface area (Å²) in [6.07, 6.45) is -4.24. The van der Waals surface area contributed by atoms with Crippen LogP contribution in [0.15, 0.2) is 0 Å². The number of sulfonamides is 1. The van der Waals surface area contributed by atoms with Gasteiger partial charge in [-0.3, -0.25) is 4.79 Å². The van der Waals surface area contributed by atoms with E-state index in [2.05, 4.69) is 0 Å². The molecule has 0 aliphatic rings. The zero-order valence-electron chi connectivity index (χ0n) is 7.08. The number of hydrogen-bond donors (Lipinski definition) is 1. The number of rotatable bonds is 4. The maximum Gasteiger partial charge on any atom is 0.402 e. The second kappa shape index (κ2) is 4.13. The number of nitrogens with zero attached hydrogens (tertiary/aromatic N) is 1. The molecule has 0 aromatic carbocycles. The molecule has 0 heterocycles. The molecule has 9 heteroatoms. The summed E-state index contributed by atoms with van der Waals surface area (Å²) in [7, 11) is -4.16. The van der Waals surface area contributed by atoms with Gasteiger partial charge < -0.3 is 5.11 Å². The van der Waals surface area contributed by atoms with Crippen molar-refractivity contribution in [3.63, 3.8) is 0 Å². The van der Waals surface area contributed by atoms with Crippen LogP contribution in [0.2, 0.25) is 0 Å². The van der Waals surface area contributed by atoms with Gasteiger partial charge in [-0.15, -0.1) is 0 Å². The number of carboxylic acids is 1. The van der Waals surface area contributed by atoms with Crippen LogP contribution in [0.5, 0.6) is 0 Å². The molecule has 5 nitrogen and oxygen atoms in total. The van der Waals surface area contributed by atoms with Gasteiger partial charge in [0.15, 0.2) is 0 Å². The summed E-state index contributed by atoms with van der Waals surface area (Å²) in [5, 5.41) is 8.17. The van der Waals surface area contributed by atoms with Gasteiger partial charge >= 0.3 is 12.1 Å². The number of carbonyl (C=O) groups is 1. The molecule has 0 bridgehead atoms. The molecule has 0 aromatic rings. The van der Waals surface area contributed by atoms with Crippen LogP contribution in [0.3, 0.4) is 0 Å². The molecule has 14 heavy (non-hydrogen) atoms. The van der Waals surface area contributed by atoms with Gasteiger partial charge in [-0.25, -0.2) is 8.42 Å². The summed E-state index contributed by atoms with van der Waals surface area (Å²) in [6, 6.07) is 0. The monoisotopic (exact) mass is 235 g/mol. The number of halogens is 3. The van der Waals surface area contributed by atoms with Crippen molar-refractivity contribution in [3.8, 4) is 0 Å². The number of hydrogen-bond acceptors (Lipinski definition) is 3. The van der Waals surface area contributed by atoms with E-state index in [1.54, 1.807) is 0 Å². The molecule has 0 radical (unpaired) electrons. The summed E-state index contributed by atoms with van der Waals surface area (Å²) >= 11 is 0. The minimum absolute atomic E-state index is 0.157. The van der Waals surface area contributed by atoms with Crippen molar-refractivity contribution in [2.24, 2.45) is 0 Å². The molecule has 84 valence electrons. The summed E-state index contributed by atoms with van der Waals surface area (Å²) < 4.78 is 56.6. The Hall–Kier alpha value is -0.830. The fourth-order valence-corrected chi connectivity index (χ4v) is 1.37. The third-order valence-corrected chi connectivity index (χ3v) is 2.33. The summed E-state index contributed by atoms with van der Waals surface area (Å²) in [5.41, 5.74) is 0. The van der Waals surface area contributed by atoms with Crippen LogP contribution in [-0.2, 0) is 14.8 Å². The van der Waals surface area contributed by atoms with Crippen LogP contribution in [0.1, 0.15) is 0 Å². The van der Waals surface area contributed by atoms with E-state index in [4.69, 9.17) is 5.11 Å². The van der Waals surface area contributed by atoms with E-state index >= 15 is 0 Å². The average molecular weight is 235 g/mol. The highest BCUT2D eigenvalue weighted by Crippen LogP contribution is 2.17. The molecule has 0 rings (SSSR count). The Balaban J connectivity index is 4.68. The van der Waals surface area contributed by atoms with Crippen molar-refractivity contribution in [2.75, 3.05) is 19.3 Å². The van der Waals surface area contributed by atoms with Crippen molar-refractivity contribution >= 4 is 16.0 Å². The normalized spacial score (nSPS) is 13.2. The van der Waals surface area contributed by atoms with Crippen molar-refractivity contribution in [1.29, 1.82) is 0 Å². The van der Waals surface area contributed by atoms with E-state index < -0.39 is 35.3 Å². The molecule has 0 aliphatic carbocycles. The number of aliphatic carboxylic acids is 1. The van der Waals surface area contributed by atoms with Gasteiger partial charge in [0.25, 0.3) is 0 Å². The Labute approximate surface area is 78.2 Å². The van der Waals surface area contributed by atoms with E-state index in [1.165, 1.54) is 0 Å². The first kappa shape index (κ1) is 13.2. The quantitative estimate of drug-likeness (QED) is 0.738. The topological polar surface area (TPSA) is 74.7 Å². The predicted molar refractivity (Wildman–Crippen MR) is 40.1 cm³/mol. The van der Waals surface area contributed by atoms with Gasteiger partial charge in [0.2, 0.25) is 10.0 Å². The lowest BCUT2D eigenvalue weighted by atomic mass is 10.6. The van der Waals surface area contributed by atoms with Crippen LogP contribution < -0.4 is 0 Å². The van der Waals surface area contributed by atoms with Crippen LogP contribution in [0, 0.1) is 0 Å². The Morgan fingerprint density at radius 3 is 2.07 bits per heavy atom. The van der Waals surface area contributed by atoms with Crippen molar-refractivity contribution in [3.05, 3.63) is 0 Å². The van der Waals surface area contributed by atoms with Gasteiger partial charge in [0, 0.05) is 0 Å². The number of carboxylic acid groups (broad SMARTS) is 1. The first-order valence-electron chi connectivity index (χ1n) is 3.26. The Morgan fingerprint density at radius 1 is 1.43 bits per heavy atom. The third kappa shape index (κ3) is 5.75. The largest absolute Gasteiger partial charge is 0.480 e. The van der Waals surface area contributed by atoms with E-state index in [0.29, 0.717) is 6.26 Å². The lowest BCUT2D eigenvalue weighted by Gasteiger charge is -2.18. The molecule has 0 aliphatic heterocycles.